The molecule has 0 aromatic rings. The molecule has 3 rings (SSSR count). The van der Waals surface area contributed by atoms with Crippen molar-refractivity contribution in [2.45, 2.75) is 77.6 Å². The Morgan fingerprint density at radius 1 is 0.893 bits per heavy atom. The number of likely N-dealkylation sites (tertiary alicyclic amines) is 2. The van der Waals surface area contributed by atoms with E-state index in [1.54, 1.807) is 0 Å². The molecule has 1 aliphatic carbocycles. The monoisotopic (exact) mass is 396 g/mol. The molecular formula is C22H40N2O4. The van der Waals surface area contributed by atoms with E-state index in [9.17, 15) is 20.1 Å². The van der Waals surface area contributed by atoms with Crippen LogP contribution < -0.4 is 0 Å². The molecule has 2 heterocycles. The predicted molar refractivity (Wildman–Crippen MR) is 109 cm³/mol. The van der Waals surface area contributed by atoms with Gasteiger partial charge in [0.05, 0.1) is 12.2 Å². The van der Waals surface area contributed by atoms with Gasteiger partial charge in [-0.05, 0) is 55.8 Å². The summed E-state index contributed by atoms with van der Waals surface area (Å²) in [5.74, 6) is 1.79. The lowest BCUT2D eigenvalue weighted by Crippen LogP contribution is -2.56. The zero-order chi connectivity index (χ0) is 20.5. The maximum Gasteiger partial charge on any atom is 0.225 e. The number of carbonyl (C=O) groups excluding carboxylic acids is 1. The third kappa shape index (κ3) is 5.26. The Kier molecular flexibility index (Phi) is 7.06. The van der Waals surface area contributed by atoms with Gasteiger partial charge < -0.3 is 20.2 Å². The van der Waals surface area contributed by atoms with E-state index in [0.29, 0.717) is 30.3 Å². The largest absolute Gasteiger partial charge is 0.389 e. The highest BCUT2D eigenvalue weighted by Crippen LogP contribution is 2.40. The molecule has 0 aromatic carbocycles. The molecule has 6 heteroatoms. The van der Waals surface area contributed by atoms with E-state index in [0.717, 1.165) is 51.2 Å². The standard InChI is InChI=1S/C22H40N2O4/c1-22(2,3)17-6-4-16(5-7-17)21(28)24-10-8-15(9-11-24)12-23-13-18(25)20(27)19(26)14-23/h15-20,25-27H,4-14H2,1-3H3/t16-,17-,18-,19+,20+. The van der Waals surface area contributed by atoms with Gasteiger partial charge in [0.2, 0.25) is 5.91 Å². The first-order valence-corrected chi connectivity index (χ1v) is 11.2. The van der Waals surface area contributed by atoms with Crippen LogP contribution in [0, 0.1) is 23.2 Å². The summed E-state index contributed by atoms with van der Waals surface area (Å²) < 4.78 is 0. The Hall–Kier alpha value is -0.690. The minimum atomic E-state index is -1.04. The minimum Gasteiger partial charge on any atom is -0.389 e. The van der Waals surface area contributed by atoms with Crippen molar-refractivity contribution < 1.29 is 20.1 Å². The summed E-state index contributed by atoms with van der Waals surface area (Å²) in [4.78, 5) is 17.1. The number of rotatable bonds is 3. The molecule has 28 heavy (non-hydrogen) atoms. The molecule has 1 saturated carbocycles. The van der Waals surface area contributed by atoms with Crippen LogP contribution in [0.3, 0.4) is 0 Å². The molecule has 3 aliphatic rings. The molecule has 2 aliphatic heterocycles. The zero-order valence-electron chi connectivity index (χ0n) is 17.9. The van der Waals surface area contributed by atoms with Gasteiger partial charge in [0.15, 0.2) is 0 Å². The summed E-state index contributed by atoms with van der Waals surface area (Å²) in [5.41, 5.74) is 0.345. The molecule has 2 saturated heterocycles. The minimum absolute atomic E-state index is 0.212. The Morgan fingerprint density at radius 2 is 1.43 bits per heavy atom. The highest BCUT2D eigenvalue weighted by Gasteiger charge is 2.37. The van der Waals surface area contributed by atoms with Gasteiger partial charge in [-0.1, -0.05) is 20.8 Å². The van der Waals surface area contributed by atoms with Crippen LogP contribution in [0.2, 0.25) is 0 Å². The van der Waals surface area contributed by atoms with E-state index in [-0.39, 0.29) is 5.92 Å². The van der Waals surface area contributed by atoms with Crippen molar-refractivity contribution in [2.75, 3.05) is 32.7 Å². The number of hydrogen-bond acceptors (Lipinski definition) is 5. The molecule has 3 N–H and O–H groups in total. The molecule has 3 atom stereocenters. The number of β-amino-alcohol motifs (C(OH)–C–C–N with tert-alkyl or cyclic N) is 2. The molecule has 3 fully saturated rings. The molecule has 6 nitrogen and oxygen atoms in total. The van der Waals surface area contributed by atoms with E-state index in [1.807, 2.05) is 0 Å². The van der Waals surface area contributed by atoms with Gasteiger partial charge in [0.25, 0.3) is 0 Å². The van der Waals surface area contributed by atoms with E-state index < -0.39 is 18.3 Å². The second-order valence-electron chi connectivity index (χ2n) is 10.5. The van der Waals surface area contributed by atoms with Crippen LogP contribution in [-0.2, 0) is 4.79 Å². The van der Waals surface area contributed by atoms with Gasteiger partial charge in [-0.15, -0.1) is 0 Å². The van der Waals surface area contributed by atoms with Crippen LogP contribution in [0.4, 0.5) is 0 Å². The molecule has 0 aromatic heterocycles. The normalized spacial score (nSPS) is 36.5. The van der Waals surface area contributed by atoms with Crippen molar-refractivity contribution in [3.8, 4) is 0 Å². The van der Waals surface area contributed by atoms with Gasteiger partial charge in [-0.2, -0.15) is 0 Å². The highest BCUT2D eigenvalue weighted by atomic mass is 16.4. The third-order valence-electron chi connectivity index (χ3n) is 7.42. The molecule has 1 amide bonds. The average Bonchev–Trinajstić information content (AvgIpc) is 2.65. The van der Waals surface area contributed by atoms with Crippen molar-refractivity contribution in [3.05, 3.63) is 0 Å². The van der Waals surface area contributed by atoms with Gasteiger partial charge in [-0.3, -0.25) is 9.69 Å². The number of aliphatic hydroxyl groups is 3. The van der Waals surface area contributed by atoms with E-state index in [2.05, 4.69) is 30.6 Å². The highest BCUT2D eigenvalue weighted by molar-refractivity contribution is 5.79. The van der Waals surface area contributed by atoms with E-state index in [1.165, 1.54) is 12.8 Å². The first-order valence-electron chi connectivity index (χ1n) is 11.2. The predicted octanol–water partition coefficient (Wildman–Crippen LogP) is 1.48. The number of aliphatic hydroxyl groups excluding tert-OH is 3. The van der Waals surface area contributed by atoms with Crippen molar-refractivity contribution in [3.63, 3.8) is 0 Å². The molecule has 0 spiro atoms. The quantitative estimate of drug-likeness (QED) is 0.673. The Morgan fingerprint density at radius 3 is 1.93 bits per heavy atom. The number of piperidine rings is 2. The van der Waals surface area contributed by atoms with E-state index >= 15 is 0 Å². The lowest BCUT2D eigenvalue weighted by molar-refractivity contribution is -0.139. The number of carbonyl (C=O) groups is 1. The lowest BCUT2D eigenvalue weighted by atomic mass is 9.69. The first-order chi connectivity index (χ1) is 13.1. The molecule has 0 radical (unpaired) electrons. The molecule has 162 valence electrons. The van der Waals surface area contributed by atoms with Gasteiger partial charge in [0, 0.05) is 38.6 Å². The van der Waals surface area contributed by atoms with Crippen molar-refractivity contribution >= 4 is 5.91 Å². The fourth-order valence-corrected chi connectivity index (χ4v) is 5.39. The van der Waals surface area contributed by atoms with Crippen molar-refractivity contribution in [2.24, 2.45) is 23.2 Å². The summed E-state index contributed by atoms with van der Waals surface area (Å²) >= 11 is 0. The zero-order valence-corrected chi connectivity index (χ0v) is 17.9. The fraction of sp³-hybridized carbons (Fsp3) is 0.955. The van der Waals surface area contributed by atoms with Gasteiger partial charge in [0.1, 0.15) is 6.10 Å². The van der Waals surface area contributed by atoms with Crippen LogP contribution in [0.15, 0.2) is 0 Å². The second-order valence-corrected chi connectivity index (χ2v) is 10.5. The van der Waals surface area contributed by atoms with Gasteiger partial charge in [-0.25, -0.2) is 0 Å². The summed E-state index contributed by atoms with van der Waals surface area (Å²) in [6.45, 7) is 10.2. The fourth-order valence-electron chi connectivity index (χ4n) is 5.39. The Bertz CT molecular complexity index is 507. The summed E-state index contributed by atoms with van der Waals surface area (Å²) in [6, 6.07) is 0. The topological polar surface area (TPSA) is 84.2 Å². The lowest BCUT2D eigenvalue weighted by Gasteiger charge is -2.41. The smallest absolute Gasteiger partial charge is 0.225 e. The third-order valence-corrected chi connectivity index (χ3v) is 7.42. The summed E-state index contributed by atoms with van der Waals surface area (Å²) in [7, 11) is 0. The van der Waals surface area contributed by atoms with Gasteiger partial charge >= 0.3 is 0 Å². The molecule has 0 unspecified atom stereocenters. The summed E-state index contributed by atoms with van der Waals surface area (Å²) in [6.07, 6.45) is 3.57. The number of nitrogens with zero attached hydrogens (tertiary/aromatic N) is 2. The maximum absolute atomic E-state index is 12.9. The number of hydrogen-bond donors (Lipinski definition) is 3. The Balaban J connectivity index is 1.41. The van der Waals surface area contributed by atoms with Crippen LogP contribution >= 0.6 is 0 Å². The second kappa shape index (κ2) is 8.99. The van der Waals surface area contributed by atoms with Crippen LogP contribution in [0.5, 0.6) is 0 Å². The average molecular weight is 397 g/mol. The van der Waals surface area contributed by atoms with E-state index in [4.69, 9.17) is 0 Å². The number of amides is 1. The first kappa shape index (κ1) is 22.0. The molecule has 0 bridgehead atoms. The summed E-state index contributed by atoms with van der Waals surface area (Å²) in [5, 5.41) is 29.4. The van der Waals surface area contributed by atoms with Crippen molar-refractivity contribution in [1.82, 2.24) is 9.80 Å². The van der Waals surface area contributed by atoms with Crippen LogP contribution in [0.25, 0.3) is 0 Å². The van der Waals surface area contributed by atoms with Crippen LogP contribution in [0.1, 0.15) is 59.3 Å². The SMILES string of the molecule is CC(C)(C)[C@H]1CC[C@H](C(=O)N2CCC(CN3C[C@@H](O)[C@H](O)[C@@H](O)C3)CC2)CC1. The Labute approximate surface area is 169 Å². The molecular weight excluding hydrogens is 356 g/mol. The van der Waals surface area contributed by atoms with Crippen molar-refractivity contribution in [1.29, 1.82) is 0 Å². The maximum atomic E-state index is 12.9. The van der Waals surface area contributed by atoms with Crippen LogP contribution in [-0.4, -0.2) is 82.1 Å².